The molecule has 2 heteroatoms. The van der Waals surface area contributed by atoms with Gasteiger partial charge in [-0.15, -0.1) is 0 Å². The fourth-order valence-corrected chi connectivity index (χ4v) is 0. The van der Waals surface area contributed by atoms with Gasteiger partial charge in [-0.25, -0.2) is 0 Å². The van der Waals surface area contributed by atoms with Gasteiger partial charge in [-0.1, -0.05) is 0 Å². The minimum Gasteiger partial charge on any atom is -0.668 e. The zero-order valence-corrected chi connectivity index (χ0v) is 6.51. The first-order valence-electron chi connectivity index (χ1n) is 0.894. The van der Waals surface area contributed by atoms with Gasteiger partial charge in [0.15, 0.2) is 0 Å². The Morgan fingerprint density at radius 1 is 1.00 bits per heavy atom. The monoisotopic (exact) mass is 122 g/mol. The second-order valence-corrected chi connectivity index (χ2v) is 0.447. The van der Waals surface area contributed by atoms with Crippen LogP contribution in [0.1, 0.15) is 0 Å². The van der Waals surface area contributed by atoms with Gasteiger partial charge < -0.3 is 20.2 Å². The van der Waals surface area contributed by atoms with Gasteiger partial charge in [0.2, 0.25) is 0 Å². The van der Waals surface area contributed by atoms with Crippen molar-refractivity contribution < 1.29 is 21.7 Å². The molecule has 0 heterocycles. The van der Waals surface area contributed by atoms with Gasteiger partial charge in [0.25, 0.3) is 0 Å². The van der Waals surface area contributed by atoms with Crippen LogP contribution in [0.2, 0.25) is 0 Å². The molecule has 0 unspecified atom stereocenters. The zero-order chi connectivity index (χ0) is 2.71. The van der Waals surface area contributed by atoms with Crippen molar-refractivity contribution >= 4 is 0 Å². The zero-order valence-electron chi connectivity index (χ0n) is 4.95. The first-order chi connectivity index (χ1) is 1.41. The Balaban J connectivity index is -0.00000000667. The Morgan fingerprint density at radius 2 is 1.00 bits per heavy atom. The molecule has 0 aliphatic heterocycles. The van der Waals surface area contributed by atoms with Gasteiger partial charge in [0.1, 0.15) is 0 Å². The van der Waals surface area contributed by atoms with E-state index in [9.17, 15) is 0 Å². The molecule has 0 rings (SSSR count). The van der Waals surface area contributed by atoms with E-state index in [1.54, 1.807) is 14.1 Å². The predicted molar refractivity (Wildman–Crippen MR) is 28.0 cm³/mol. The molecule has 6 heavy (non-hydrogen) atoms. The van der Waals surface area contributed by atoms with Crippen molar-refractivity contribution in [2.75, 3.05) is 14.1 Å². The van der Waals surface area contributed by atoms with E-state index < -0.39 is 0 Å². The quantitative estimate of drug-likeness (QED) is 0.341. The molecule has 0 aromatic rings. The Kier molecular flexibility index (Phi) is 221. The van der Waals surface area contributed by atoms with Crippen LogP contribution < -0.4 is 0 Å². The molecule has 0 saturated heterocycles. The molecule has 0 saturated carbocycles. The van der Waals surface area contributed by atoms with E-state index in [1.165, 1.54) is 0 Å². The van der Waals surface area contributed by atoms with Crippen LogP contribution in [0.3, 0.4) is 0 Å². The van der Waals surface area contributed by atoms with E-state index >= 15 is 0 Å². The van der Waals surface area contributed by atoms with E-state index in [-0.39, 0.29) is 36.6 Å². The molecule has 0 atom stereocenters. The van der Waals surface area contributed by atoms with Crippen molar-refractivity contribution in [3.05, 3.63) is 20.2 Å². The van der Waals surface area contributed by atoms with Gasteiger partial charge in [-0.05, 0) is 0 Å². The summed E-state index contributed by atoms with van der Waals surface area (Å²) >= 11 is 0. The molecular weight excluding hydrogens is 110 g/mol. The van der Waals surface area contributed by atoms with Crippen molar-refractivity contribution in [2.45, 2.75) is 0 Å². The summed E-state index contributed by atoms with van der Waals surface area (Å²) in [5, 5.41) is 3.50. The third-order valence-electron chi connectivity index (χ3n) is 0. The SMILES string of the molecule is C[N-]C.[CH3-].[CH3-].[Ti+3]. The molecule has 0 aromatic heterocycles. The van der Waals surface area contributed by atoms with Gasteiger partial charge in [0.05, 0.1) is 0 Å². The van der Waals surface area contributed by atoms with E-state index in [2.05, 4.69) is 5.32 Å². The van der Waals surface area contributed by atoms with Crippen molar-refractivity contribution in [3.8, 4) is 0 Å². The summed E-state index contributed by atoms with van der Waals surface area (Å²) in [6, 6.07) is 0. The molecule has 1 nitrogen and oxygen atoms in total. The van der Waals surface area contributed by atoms with Crippen LogP contribution in [0, 0.1) is 14.9 Å². The number of hydrogen-bond donors (Lipinski definition) is 0. The van der Waals surface area contributed by atoms with E-state index in [1.807, 2.05) is 0 Å². The molecule has 0 aromatic carbocycles. The van der Waals surface area contributed by atoms with Gasteiger partial charge in [-0.3, -0.25) is 0 Å². The molecule has 37 valence electrons. The molecule has 0 aliphatic carbocycles. The molecule has 0 amide bonds. The maximum Gasteiger partial charge on any atom is 3.00 e. The third-order valence-corrected chi connectivity index (χ3v) is 0. The number of hydrogen-bond acceptors (Lipinski definition) is 0. The van der Waals surface area contributed by atoms with Crippen LogP contribution in [-0.2, 0) is 21.7 Å². The first-order valence-corrected chi connectivity index (χ1v) is 0.894. The normalized spacial score (nSPS) is 3.00. The second kappa shape index (κ2) is 44.2. The van der Waals surface area contributed by atoms with Crippen molar-refractivity contribution in [1.82, 2.24) is 0 Å². The largest absolute Gasteiger partial charge is 3.00 e. The van der Waals surface area contributed by atoms with Gasteiger partial charge in [0, 0.05) is 0 Å². The summed E-state index contributed by atoms with van der Waals surface area (Å²) < 4.78 is 0. The number of nitrogens with zero attached hydrogens (tertiary/aromatic N) is 1. The fraction of sp³-hybridized carbons (Fsp3) is 0.500. The van der Waals surface area contributed by atoms with Crippen LogP contribution in [-0.4, -0.2) is 14.1 Å². The second-order valence-electron chi connectivity index (χ2n) is 0.447. The van der Waals surface area contributed by atoms with Crippen LogP contribution >= 0.6 is 0 Å². The summed E-state index contributed by atoms with van der Waals surface area (Å²) in [6.07, 6.45) is 0. The summed E-state index contributed by atoms with van der Waals surface area (Å²) in [5.41, 5.74) is 0. The maximum absolute atomic E-state index is 3.50. The molecular formula is C4H12NTi. The summed E-state index contributed by atoms with van der Waals surface area (Å²) in [4.78, 5) is 0. The van der Waals surface area contributed by atoms with Crippen molar-refractivity contribution in [1.29, 1.82) is 0 Å². The van der Waals surface area contributed by atoms with Crippen LogP contribution in [0.4, 0.5) is 0 Å². The minimum atomic E-state index is 0. The van der Waals surface area contributed by atoms with E-state index in [0.29, 0.717) is 0 Å². The average molecular weight is 122 g/mol. The van der Waals surface area contributed by atoms with E-state index in [0.717, 1.165) is 0 Å². The van der Waals surface area contributed by atoms with Gasteiger partial charge >= 0.3 is 21.7 Å². The summed E-state index contributed by atoms with van der Waals surface area (Å²) in [5.74, 6) is 0. The average Bonchev–Trinajstić information content (AvgIpc) is 0.918. The predicted octanol–water partition coefficient (Wildman–Crippen LogP) is 1.52. The molecule has 1 radical (unpaired) electrons. The Labute approximate surface area is 56.4 Å². The Morgan fingerprint density at radius 3 is 1.00 bits per heavy atom. The van der Waals surface area contributed by atoms with Crippen LogP contribution in [0.15, 0.2) is 0 Å². The van der Waals surface area contributed by atoms with E-state index in [4.69, 9.17) is 0 Å². The fourth-order valence-electron chi connectivity index (χ4n) is 0. The van der Waals surface area contributed by atoms with Gasteiger partial charge in [-0.2, -0.15) is 14.1 Å². The first kappa shape index (κ1) is 30.0. The van der Waals surface area contributed by atoms with Crippen LogP contribution in [0.25, 0.3) is 5.32 Å². The minimum absolute atomic E-state index is 0. The van der Waals surface area contributed by atoms with Crippen molar-refractivity contribution in [2.24, 2.45) is 0 Å². The smallest absolute Gasteiger partial charge is 0.668 e. The molecule has 0 aliphatic rings. The van der Waals surface area contributed by atoms with Crippen molar-refractivity contribution in [3.63, 3.8) is 0 Å². The molecule has 0 bridgehead atoms. The summed E-state index contributed by atoms with van der Waals surface area (Å²) in [7, 11) is 3.50. The van der Waals surface area contributed by atoms with Crippen LogP contribution in [0.5, 0.6) is 0 Å². The Bertz CT molecular complexity index is 7.51. The molecule has 0 fully saturated rings. The number of rotatable bonds is 0. The molecule has 0 N–H and O–H groups in total. The topological polar surface area (TPSA) is 14.1 Å². The standard InChI is InChI=1S/C2H6N.2CH3.Ti/c1-3-2;;;/h1-2H3;2*1H3;/q3*-1;+3. The third kappa shape index (κ3) is 139. The Hall–Kier alpha value is 0.674. The molecule has 0 spiro atoms. The maximum atomic E-state index is 3.50. The summed E-state index contributed by atoms with van der Waals surface area (Å²) in [6.45, 7) is 0.